The van der Waals surface area contributed by atoms with Crippen molar-refractivity contribution in [2.75, 3.05) is 13.1 Å². The van der Waals surface area contributed by atoms with Crippen molar-refractivity contribution < 1.29 is 14.3 Å². The van der Waals surface area contributed by atoms with Crippen LogP contribution in [0.5, 0.6) is 0 Å². The average molecular weight is 378 g/mol. The number of carbonyl (C=O) groups excluding carboxylic acids is 2. The second kappa shape index (κ2) is 9.53. The molecule has 0 saturated carbocycles. The van der Waals surface area contributed by atoms with Crippen LogP contribution in [0.4, 0.5) is 4.79 Å². The van der Waals surface area contributed by atoms with Crippen molar-refractivity contribution in [3.63, 3.8) is 0 Å². The van der Waals surface area contributed by atoms with E-state index in [0.717, 1.165) is 42.5 Å². The number of hydrogen-bond donors (Lipinski definition) is 3. The zero-order chi connectivity index (χ0) is 19.9. The number of alkyl carbamates (subject to hydrolysis) is 1. The van der Waals surface area contributed by atoms with Gasteiger partial charge in [-0.05, 0) is 58.4 Å². The van der Waals surface area contributed by atoms with E-state index in [-0.39, 0.29) is 11.5 Å². The Hall–Kier alpha value is -2.38. The highest BCUT2D eigenvalue weighted by atomic mass is 16.6. The predicted octanol–water partition coefficient (Wildman–Crippen LogP) is 1.61. The fourth-order valence-corrected chi connectivity index (χ4v) is 3.10. The summed E-state index contributed by atoms with van der Waals surface area (Å²) in [6.45, 7) is 6.26. The quantitative estimate of drug-likeness (QED) is 0.624. The molecule has 0 unspecified atom stereocenters. The Morgan fingerprint density at radius 3 is 2.52 bits per heavy atom. The molecule has 3 N–H and O–H groups in total. The summed E-state index contributed by atoms with van der Waals surface area (Å²) in [5.74, 6) is -0.0701. The minimum Gasteiger partial charge on any atom is -0.444 e. The lowest BCUT2D eigenvalue weighted by Crippen LogP contribution is -2.33. The zero-order valence-corrected chi connectivity index (χ0v) is 16.4. The third-order valence-electron chi connectivity index (χ3n) is 4.32. The molecule has 1 heterocycles. The molecule has 0 aliphatic heterocycles. The van der Waals surface area contributed by atoms with E-state index >= 15 is 0 Å². The van der Waals surface area contributed by atoms with Crippen molar-refractivity contribution in [3.8, 4) is 0 Å². The number of aromatic amines is 1. The maximum atomic E-state index is 11.9. The first-order valence-electron chi connectivity index (χ1n) is 9.59. The first-order valence-corrected chi connectivity index (χ1v) is 9.59. The van der Waals surface area contributed by atoms with Crippen LogP contribution in [0.3, 0.4) is 0 Å². The van der Waals surface area contributed by atoms with Gasteiger partial charge in [0.1, 0.15) is 5.60 Å². The lowest BCUT2D eigenvalue weighted by Gasteiger charge is -2.19. The molecule has 0 spiro atoms. The SMILES string of the molecule is CC(C)(C)OC(=O)NCCCC(=O)NCCc1n[nH]c(=O)c2c1CCCC2. The van der Waals surface area contributed by atoms with Gasteiger partial charge in [-0.1, -0.05) is 0 Å². The molecule has 1 aliphatic rings. The first kappa shape index (κ1) is 20.9. The van der Waals surface area contributed by atoms with Crippen molar-refractivity contribution in [1.82, 2.24) is 20.8 Å². The Kier molecular flexibility index (Phi) is 7.38. The molecule has 27 heavy (non-hydrogen) atoms. The molecule has 0 fully saturated rings. The Morgan fingerprint density at radius 2 is 1.81 bits per heavy atom. The van der Waals surface area contributed by atoms with Crippen LogP contribution in [-0.2, 0) is 28.8 Å². The van der Waals surface area contributed by atoms with Crippen molar-refractivity contribution in [3.05, 3.63) is 27.2 Å². The standard InChI is InChI=1S/C19H30N4O4/c1-19(2,3)27-18(26)21-11-6-9-16(24)20-12-10-15-13-7-4-5-8-14(13)17(25)23-22-15/h4-12H2,1-3H3,(H,20,24)(H,21,26)(H,23,25). The Bertz CT molecular complexity index is 721. The number of amides is 2. The van der Waals surface area contributed by atoms with Gasteiger partial charge < -0.3 is 15.4 Å². The van der Waals surface area contributed by atoms with E-state index in [9.17, 15) is 14.4 Å². The number of carbonyl (C=O) groups is 2. The smallest absolute Gasteiger partial charge is 0.407 e. The van der Waals surface area contributed by atoms with Crippen molar-refractivity contribution in [2.24, 2.45) is 0 Å². The van der Waals surface area contributed by atoms with Crippen LogP contribution in [0.15, 0.2) is 4.79 Å². The molecular formula is C19H30N4O4. The van der Waals surface area contributed by atoms with Gasteiger partial charge in [-0.2, -0.15) is 5.10 Å². The van der Waals surface area contributed by atoms with Crippen LogP contribution in [0, 0.1) is 0 Å². The van der Waals surface area contributed by atoms with Gasteiger partial charge in [0.15, 0.2) is 0 Å². The maximum Gasteiger partial charge on any atom is 0.407 e. The molecule has 0 radical (unpaired) electrons. The minimum absolute atomic E-state index is 0.0701. The molecule has 0 aromatic carbocycles. The second-order valence-electron chi connectivity index (χ2n) is 7.80. The summed E-state index contributed by atoms with van der Waals surface area (Å²) < 4.78 is 5.13. The molecule has 1 aromatic rings. The maximum absolute atomic E-state index is 11.9. The molecule has 0 bridgehead atoms. The Balaban J connectivity index is 1.67. The number of H-pyrrole nitrogens is 1. The molecule has 1 aromatic heterocycles. The summed E-state index contributed by atoms with van der Waals surface area (Å²) >= 11 is 0. The van der Waals surface area contributed by atoms with Crippen molar-refractivity contribution in [1.29, 1.82) is 0 Å². The molecule has 1 aliphatic carbocycles. The molecule has 2 amide bonds. The molecule has 0 atom stereocenters. The number of nitrogens with one attached hydrogen (secondary N) is 3. The van der Waals surface area contributed by atoms with Gasteiger partial charge in [0.25, 0.3) is 5.56 Å². The van der Waals surface area contributed by atoms with Gasteiger partial charge in [-0.3, -0.25) is 9.59 Å². The number of nitrogens with zero attached hydrogens (tertiary/aromatic N) is 1. The monoisotopic (exact) mass is 378 g/mol. The van der Waals surface area contributed by atoms with Crippen LogP contribution < -0.4 is 16.2 Å². The highest BCUT2D eigenvalue weighted by molar-refractivity contribution is 5.76. The first-order chi connectivity index (χ1) is 12.8. The van der Waals surface area contributed by atoms with E-state index in [1.807, 2.05) is 0 Å². The number of ether oxygens (including phenoxy) is 1. The van der Waals surface area contributed by atoms with E-state index in [1.54, 1.807) is 20.8 Å². The summed E-state index contributed by atoms with van der Waals surface area (Å²) in [6.07, 6.45) is 4.78. The van der Waals surface area contributed by atoms with E-state index in [1.165, 1.54) is 0 Å². The highest BCUT2D eigenvalue weighted by Gasteiger charge is 2.18. The molecular weight excluding hydrogens is 348 g/mol. The Morgan fingerprint density at radius 1 is 1.11 bits per heavy atom. The summed E-state index contributed by atoms with van der Waals surface area (Å²) in [4.78, 5) is 35.3. The van der Waals surface area contributed by atoms with Crippen molar-refractivity contribution in [2.45, 2.75) is 71.3 Å². The number of hydrogen-bond acceptors (Lipinski definition) is 5. The highest BCUT2D eigenvalue weighted by Crippen LogP contribution is 2.20. The third kappa shape index (κ3) is 7.03. The second-order valence-corrected chi connectivity index (χ2v) is 7.80. The molecule has 8 nitrogen and oxygen atoms in total. The lowest BCUT2D eigenvalue weighted by molar-refractivity contribution is -0.121. The summed E-state index contributed by atoms with van der Waals surface area (Å²) in [6, 6.07) is 0. The van der Waals surface area contributed by atoms with Gasteiger partial charge in [0.2, 0.25) is 5.91 Å². The fraction of sp³-hybridized carbons (Fsp3) is 0.684. The number of rotatable bonds is 7. The zero-order valence-electron chi connectivity index (χ0n) is 16.4. The van der Waals surface area contributed by atoms with Crippen LogP contribution in [0.2, 0.25) is 0 Å². The van der Waals surface area contributed by atoms with Crippen molar-refractivity contribution >= 4 is 12.0 Å². The topological polar surface area (TPSA) is 113 Å². The van der Waals surface area contributed by atoms with Crippen LogP contribution in [-0.4, -0.2) is 40.9 Å². The average Bonchev–Trinajstić information content (AvgIpc) is 2.59. The van der Waals surface area contributed by atoms with E-state index in [4.69, 9.17) is 4.74 Å². The molecule has 8 heteroatoms. The van der Waals surface area contributed by atoms with Gasteiger partial charge in [0.05, 0.1) is 5.69 Å². The van der Waals surface area contributed by atoms with Gasteiger partial charge in [-0.25, -0.2) is 9.89 Å². The largest absolute Gasteiger partial charge is 0.444 e. The lowest BCUT2D eigenvalue weighted by atomic mass is 9.91. The third-order valence-corrected chi connectivity index (χ3v) is 4.32. The van der Waals surface area contributed by atoms with E-state index in [0.29, 0.717) is 32.4 Å². The summed E-state index contributed by atoms with van der Waals surface area (Å²) in [7, 11) is 0. The molecule has 0 saturated heterocycles. The van der Waals surface area contributed by atoms with Crippen LogP contribution in [0.1, 0.15) is 63.3 Å². The minimum atomic E-state index is -0.531. The van der Waals surface area contributed by atoms with Gasteiger partial charge in [0, 0.05) is 31.5 Å². The van der Waals surface area contributed by atoms with Crippen LogP contribution >= 0.6 is 0 Å². The summed E-state index contributed by atoms with van der Waals surface area (Å²) in [5.41, 5.74) is 2.16. The molecule has 150 valence electrons. The van der Waals surface area contributed by atoms with E-state index in [2.05, 4.69) is 20.8 Å². The molecule has 2 rings (SSSR count). The Labute approximate surface area is 159 Å². The predicted molar refractivity (Wildman–Crippen MR) is 102 cm³/mol. The van der Waals surface area contributed by atoms with Gasteiger partial charge >= 0.3 is 6.09 Å². The summed E-state index contributed by atoms with van der Waals surface area (Å²) in [5, 5.41) is 12.2. The normalized spacial score (nSPS) is 13.6. The van der Waals surface area contributed by atoms with E-state index < -0.39 is 11.7 Å². The van der Waals surface area contributed by atoms with Gasteiger partial charge in [-0.15, -0.1) is 0 Å². The van der Waals surface area contributed by atoms with Crippen LogP contribution in [0.25, 0.3) is 0 Å². The number of fused-ring (bicyclic) bond motifs is 1. The fourth-order valence-electron chi connectivity index (χ4n) is 3.10. The number of aromatic nitrogens is 2.